The summed E-state index contributed by atoms with van der Waals surface area (Å²) in [5.74, 6) is 0.0150. The second-order valence-corrected chi connectivity index (χ2v) is 7.68. The third-order valence-corrected chi connectivity index (χ3v) is 5.60. The van der Waals surface area contributed by atoms with E-state index in [4.69, 9.17) is 0 Å². The van der Waals surface area contributed by atoms with Crippen molar-refractivity contribution in [3.8, 4) is 11.1 Å². The van der Waals surface area contributed by atoms with Gasteiger partial charge in [0.15, 0.2) is 0 Å². The number of amides is 1. The third kappa shape index (κ3) is 3.72. The van der Waals surface area contributed by atoms with Crippen LogP contribution in [0, 0.1) is 0 Å². The fraction of sp³-hybridized carbons (Fsp3) is 0.316. The van der Waals surface area contributed by atoms with Gasteiger partial charge in [0.2, 0.25) is 5.91 Å². The lowest BCUT2D eigenvalue weighted by molar-refractivity contribution is -0.116. The summed E-state index contributed by atoms with van der Waals surface area (Å²) in [5, 5.41) is 12.7. The monoisotopic (exact) mass is 451 g/mol. The third-order valence-electron chi connectivity index (χ3n) is 4.54. The minimum Gasteiger partial charge on any atom is -0.316 e. The molecule has 1 aliphatic rings. The lowest BCUT2D eigenvalue weighted by Crippen LogP contribution is -2.42. The van der Waals surface area contributed by atoms with E-state index in [1.54, 1.807) is 11.8 Å². The smallest absolute Gasteiger partial charge is 0.224 e. The second kappa shape index (κ2) is 7.82. The average Bonchev–Trinajstić information content (AvgIpc) is 2.61. The number of hydrogen-bond donors (Lipinski definition) is 3. The molecule has 132 valence electrons. The Labute approximate surface area is 161 Å². The largest absolute Gasteiger partial charge is 0.316 e. The number of rotatable bonds is 4. The van der Waals surface area contributed by atoms with E-state index in [-0.39, 0.29) is 16.0 Å². The Balaban J connectivity index is 2.01. The number of halogens is 1. The SMILES string of the molecule is CNCc1ccc(-c2ccc3c(c2)[C@H](NO)C[C@H](I)N3C(C)=O)cc1. The Morgan fingerprint density at radius 1 is 1.24 bits per heavy atom. The molecule has 0 aliphatic carbocycles. The van der Waals surface area contributed by atoms with Crippen molar-refractivity contribution in [1.82, 2.24) is 10.8 Å². The zero-order chi connectivity index (χ0) is 18.0. The second-order valence-electron chi connectivity index (χ2n) is 6.24. The van der Waals surface area contributed by atoms with Crippen molar-refractivity contribution >= 4 is 34.2 Å². The lowest BCUT2D eigenvalue weighted by atomic mass is 9.92. The number of fused-ring (bicyclic) bond motifs is 1. The van der Waals surface area contributed by atoms with E-state index in [0.29, 0.717) is 6.42 Å². The van der Waals surface area contributed by atoms with Crippen molar-refractivity contribution in [3.05, 3.63) is 53.6 Å². The van der Waals surface area contributed by atoms with Crippen LogP contribution in [0.25, 0.3) is 11.1 Å². The minimum absolute atomic E-state index is 0.0129. The van der Waals surface area contributed by atoms with Crippen LogP contribution in [0.15, 0.2) is 42.5 Å². The first-order valence-electron chi connectivity index (χ1n) is 8.26. The zero-order valence-electron chi connectivity index (χ0n) is 14.3. The molecule has 0 radical (unpaired) electrons. The highest BCUT2D eigenvalue weighted by atomic mass is 127. The van der Waals surface area contributed by atoms with Crippen molar-refractivity contribution < 1.29 is 10.0 Å². The van der Waals surface area contributed by atoms with E-state index in [0.717, 1.165) is 28.9 Å². The van der Waals surface area contributed by atoms with Crippen molar-refractivity contribution in [2.45, 2.75) is 30.0 Å². The molecule has 5 nitrogen and oxygen atoms in total. The molecule has 25 heavy (non-hydrogen) atoms. The maximum absolute atomic E-state index is 12.1. The predicted molar refractivity (Wildman–Crippen MR) is 108 cm³/mol. The van der Waals surface area contributed by atoms with Crippen LogP contribution in [-0.2, 0) is 11.3 Å². The average molecular weight is 451 g/mol. The van der Waals surface area contributed by atoms with E-state index in [1.165, 1.54) is 5.56 Å². The molecule has 0 fully saturated rings. The minimum atomic E-state index is -0.184. The maximum Gasteiger partial charge on any atom is 0.224 e. The summed E-state index contributed by atoms with van der Waals surface area (Å²) in [6, 6.07) is 14.3. The number of nitrogens with zero attached hydrogens (tertiary/aromatic N) is 1. The van der Waals surface area contributed by atoms with Crippen LogP contribution in [0.4, 0.5) is 5.69 Å². The van der Waals surface area contributed by atoms with Crippen molar-refractivity contribution in [2.75, 3.05) is 11.9 Å². The topological polar surface area (TPSA) is 64.6 Å². The van der Waals surface area contributed by atoms with Crippen LogP contribution >= 0.6 is 22.6 Å². The molecule has 0 bridgehead atoms. The van der Waals surface area contributed by atoms with Crippen LogP contribution in [0.1, 0.15) is 30.5 Å². The van der Waals surface area contributed by atoms with Crippen LogP contribution in [0.5, 0.6) is 0 Å². The van der Waals surface area contributed by atoms with Gasteiger partial charge in [-0.15, -0.1) is 0 Å². The highest BCUT2D eigenvalue weighted by Crippen LogP contribution is 2.41. The summed E-state index contributed by atoms with van der Waals surface area (Å²) in [6.07, 6.45) is 0.661. The molecule has 0 saturated heterocycles. The van der Waals surface area contributed by atoms with Gasteiger partial charge in [-0.05, 0) is 47.9 Å². The van der Waals surface area contributed by atoms with Gasteiger partial charge in [-0.3, -0.25) is 9.69 Å². The molecule has 1 heterocycles. The van der Waals surface area contributed by atoms with Gasteiger partial charge in [0.1, 0.15) is 0 Å². The van der Waals surface area contributed by atoms with Gasteiger partial charge >= 0.3 is 0 Å². The first-order valence-corrected chi connectivity index (χ1v) is 9.51. The number of hydrogen-bond acceptors (Lipinski definition) is 4. The lowest BCUT2D eigenvalue weighted by Gasteiger charge is -2.37. The molecule has 1 amide bonds. The number of nitrogens with one attached hydrogen (secondary N) is 2. The van der Waals surface area contributed by atoms with Crippen molar-refractivity contribution in [3.63, 3.8) is 0 Å². The first kappa shape index (κ1) is 18.3. The summed E-state index contributed by atoms with van der Waals surface area (Å²) in [5.41, 5.74) is 7.63. The van der Waals surface area contributed by atoms with Gasteiger partial charge in [0.25, 0.3) is 0 Å². The van der Waals surface area contributed by atoms with Gasteiger partial charge in [-0.25, -0.2) is 0 Å². The van der Waals surface area contributed by atoms with E-state index in [1.807, 2.05) is 19.2 Å². The fourth-order valence-corrected chi connectivity index (χ4v) is 4.52. The molecule has 0 spiro atoms. The highest BCUT2D eigenvalue weighted by Gasteiger charge is 2.33. The molecule has 2 aromatic carbocycles. The van der Waals surface area contributed by atoms with Gasteiger partial charge in [0.05, 0.1) is 10.1 Å². The number of carbonyl (C=O) groups is 1. The van der Waals surface area contributed by atoms with E-state index >= 15 is 0 Å². The molecule has 6 heteroatoms. The van der Waals surface area contributed by atoms with Crippen LogP contribution in [0.3, 0.4) is 0 Å². The molecule has 0 saturated carbocycles. The number of carbonyl (C=O) groups excluding carboxylic acids is 1. The summed E-state index contributed by atoms with van der Waals surface area (Å²) in [6.45, 7) is 2.42. The summed E-state index contributed by atoms with van der Waals surface area (Å²) in [4.78, 5) is 13.8. The Hall–Kier alpha value is -1.48. The molecule has 2 aromatic rings. The molecule has 2 atom stereocenters. The molecule has 0 aromatic heterocycles. The molecule has 3 N–H and O–H groups in total. The number of anilines is 1. The quantitative estimate of drug-likeness (QED) is 0.288. The Morgan fingerprint density at radius 3 is 2.52 bits per heavy atom. The zero-order valence-corrected chi connectivity index (χ0v) is 16.4. The maximum atomic E-state index is 12.1. The van der Waals surface area contributed by atoms with Crippen LogP contribution < -0.4 is 15.7 Å². The Kier molecular flexibility index (Phi) is 5.73. The highest BCUT2D eigenvalue weighted by molar-refractivity contribution is 14.1. The molecular formula is C19H22IN3O2. The first-order chi connectivity index (χ1) is 12.0. The summed E-state index contributed by atoms with van der Waals surface area (Å²) < 4.78 is 0.0129. The van der Waals surface area contributed by atoms with Crippen LogP contribution in [0.2, 0.25) is 0 Å². The van der Waals surface area contributed by atoms with E-state index < -0.39 is 0 Å². The van der Waals surface area contributed by atoms with Gasteiger partial charge < -0.3 is 10.5 Å². The molecule has 3 rings (SSSR count). The molecular weight excluding hydrogens is 429 g/mol. The summed E-state index contributed by atoms with van der Waals surface area (Å²) >= 11 is 2.25. The number of benzene rings is 2. The molecule has 0 unspecified atom stereocenters. The Bertz CT molecular complexity index is 764. The van der Waals surface area contributed by atoms with Crippen molar-refractivity contribution in [1.29, 1.82) is 0 Å². The number of hydroxylamine groups is 1. The van der Waals surface area contributed by atoms with Crippen molar-refractivity contribution in [2.24, 2.45) is 0 Å². The van der Waals surface area contributed by atoms with Gasteiger partial charge in [-0.2, -0.15) is 5.48 Å². The number of alkyl halides is 1. The predicted octanol–water partition coefficient (Wildman–Crippen LogP) is 3.61. The van der Waals surface area contributed by atoms with Crippen LogP contribution in [-0.4, -0.2) is 22.2 Å². The normalized spacial score (nSPS) is 19.6. The van der Waals surface area contributed by atoms with Gasteiger partial charge in [-0.1, -0.05) is 52.9 Å². The van der Waals surface area contributed by atoms with Gasteiger partial charge in [0, 0.05) is 19.2 Å². The fourth-order valence-electron chi connectivity index (χ4n) is 3.32. The van der Waals surface area contributed by atoms with E-state index in [2.05, 4.69) is 63.7 Å². The standard InChI is InChI=1S/C19H22IN3O2/c1-12(24)23-18-8-7-15(9-16(18)17(22-25)10-19(23)20)14-5-3-13(4-6-14)11-21-2/h3-9,17,19,21-22,25H,10-11H2,1-2H3/t17-,19-/m1/s1. The van der Waals surface area contributed by atoms with E-state index in [9.17, 15) is 10.0 Å². The summed E-state index contributed by atoms with van der Waals surface area (Å²) in [7, 11) is 1.93. The Morgan fingerprint density at radius 2 is 1.92 bits per heavy atom. The molecule has 1 aliphatic heterocycles.